The van der Waals surface area contributed by atoms with Crippen molar-refractivity contribution in [2.24, 2.45) is 5.92 Å². The topological polar surface area (TPSA) is 67.4 Å². The fourth-order valence-corrected chi connectivity index (χ4v) is 3.78. The Balaban J connectivity index is 1.59. The molecule has 3 atom stereocenters. The van der Waals surface area contributed by atoms with Crippen molar-refractivity contribution in [3.63, 3.8) is 0 Å². The molecule has 0 spiro atoms. The number of ether oxygens (including phenoxy) is 1. The van der Waals surface area contributed by atoms with Crippen molar-refractivity contribution < 1.29 is 14.3 Å². The van der Waals surface area contributed by atoms with Crippen molar-refractivity contribution in [1.82, 2.24) is 10.6 Å². The average Bonchev–Trinajstić information content (AvgIpc) is 2.90. The van der Waals surface area contributed by atoms with Crippen LogP contribution in [0.25, 0.3) is 0 Å². The highest BCUT2D eigenvalue weighted by molar-refractivity contribution is 7.99. The molecule has 0 bridgehead atoms. The quantitative estimate of drug-likeness (QED) is 0.564. The summed E-state index contributed by atoms with van der Waals surface area (Å²) in [5.41, 5.74) is 0. The summed E-state index contributed by atoms with van der Waals surface area (Å²) in [5, 5.41) is 6.42. The molecule has 0 aromatic rings. The number of nitrogens with one attached hydrogen (secondary N) is 2. The van der Waals surface area contributed by atoms with Crippen LogP contribution in [0.5, 0.6) is 0 Å². The highest BCUT2D eigenvalue weighted by Gasteiger charge is 2.37. The smallest absolute Gasteiger partial charge is 0.315 e. The van der Waals surface area contributed by atoms with Gasteiger partial charge >= 0.3 is 5.97 Å². The van der Waals surface area contributed by atoms with Gasteiger partial charge in [0.2, 0.25) is 5.91 Å². The van der Waals surface area contributed by atoms with E-state index < -0.39 is 0 Å². The highest BCUT2D eigenvalue weighted by Crippen LogP contribution is 2.33. The molecule has 2 rings (SSSR count). The third-order valence-electron chi connectivity index (χ3n) is 4.17. The molecule has 114 valence electrons. The maximum Gasteiger partial charge on any atom is 0.315 e. The number of rotatable bonds is 6. The summed E-state index contributed by atoms with van der Waals surface area (Å²) in [6, 6.07) is 0.530. The van der Waals surface area contributed by atoms with Gasteiger partial charge in [-0.05, 0) is 25.2 Å². The SMILES string of the molecule is COC(=O)CSCCNC(=O)C1CC2CCCCC2N1. The Morgan fingerprint density at radius 1 is 1.35 bits per heavy atom. The maximum atomic E-state index is 12.1. The Morgan fingerprint density at radius 2 is 2.15 bits per heavy atom. The van der Waals surface area contributed by atoms with Crippen LogP contribution >= 0.6 is 11.8 Å². The molecule has 0 radical (unpaired) electrons. The number of methoxy groups -OCH3 is 1. The van der Waals surface area contributed by atoms with Gasteiger partial charge < -0.3 is 15.4 Å². The zero-order chi connectivity index (χ0) is 14.4. The van der Waals surface area contributed by atoms with Crippen molar-refractivity contribution in [2.45, 2.75) is 44.2 Å². The van der Waals surface area contributed by atoms with Gasteiger partial charge in [0.15, 0.2) is 0 Å². The minimum Gasteiger partial charge on any atom is -0.468 e. The summed E-state index contributed by atoms with van der Waals surface area (Å²) in [7, 11) is 1.38. The van der Waals surface area contributed by atoms with Gasteiger partial charge in [0, 0.05) is 18.3 Å². The van der Waals surface area contributed by atoms with Gasteiger partial charge in [0.1, 0.15) is 0 Å². The van der Waals surface area contributed by atoms with E-state index in [-0.39, 0.29) is 17.9 Å². The molecule has 20 heavy (non-hydrogen) atoms. The summed E-state index contributed by atoms with van der Waals surface area (Å²) in [6.07, 6.45) is 6.04. The Bertz CT molecular complexity index is 337. The number of amides is 1. The summed E-state index contributed by atoms with van der Waals surface area (Å²) >= 11 is 1.48. The van der Waals surface area contributed by atoms with E-state index >= 15 is 0 Å². The molecule has 5 nitrogen and oxygen atoms in total. The molecule has 0 aromatic carbocycles. The van der Waals surface area contributed by atoms with Crippen LogP contribution in [-0.4, -0.2) is 49.1 Å². The lowest BCUT2D eigenvalue weighted by atomic mass is 9.85. The molecule has 2 aliphatic rings. The summed E-state index contributed by atoms with van der Waals surface area (Å²) in [4.78, 5) is 23.0. The van der Waals surface area contributed by atoms with Gasteiger partial charge in [-0.1, -0.05) is 12.8 Å². The molecule has 0 aromatic heterocycles. The third kappa shape index (κ3) is 4.38. The lowest BCUT2D eigenvalue weighted by molar-refractivity contribution is -0.137. The molecule has 1 saturated heterocycles. The molecule has 1 aliphatic carbocycles. The fraction of sp³-hybridized carbons (Fsp3) is 0.857. The molecular weight excluding hydrogens is 276 g/mol. The van der Waals surface area contributed by atoms with E-state index in [1.807, 2.05) is 0 Å². The molecule has 3 unspecified atom stereocenters. The second-order valence-corrected chi connectivity index (χ2v) is 6.63. The van der Waals surface area contributed by atoms with E-state index in [0.29, 0.717) is 24.3 Å². The number of carbonyl (C=O) groups excluding carboxylic acids is 2. The highest BCUT2D eigenvalue weighted by atomic mass is 32.2. The van der Waals surface area contributed by atoms with Gasteiger partial charge in [-0.15, -0.1) is 11.8 Å². The minimum absolute atomic E-state index is 0.0197. The first-order valence-corrected chi connectivity index (χ1v) is 8.54. The Labute approximate surface area is 124 Å². The van der Waals surface area contributed by atoms with Gasteiger partial charge in [0.25, 0.3) is 0 Å². The van der Waals surface area contributed by atoms with Crippen LogP contribution in [0, 0.1) is 5.92 Å². The predicted molar refractivity (Wildman–Crippen MR) is 79.6 cm³/mol. The Morgan fingerprint density at radius 3 is 2.90 bits per heavy atom. The lowest BCUT2D eigenvalue weighted by Crippen LogP contribution is -2.43. The molecule has 1 aliphatic heterocycles. The number of hydrogen-bond donors (Lipinski definition) is 2. The number of fused-ring (bicyclic) bond motifs is 1. The van der Waals surface area contributed by atoms with Crippen LogP contribution in [0.3, 0.4) is 0 Å². The van der Waals surface area contributed by atoms with E-state index in [1.165, 1.54) is 44.6 Å². The average molecular weight is 300 g/mol. The van der Waals surface area contributed by atoms with E-state index in [0.717, 1.165) is 12.2 Å². The van der Waals surface area contributed by atoms with Crippen molar-refractivity contribution in [2.75, 3.05) is 25.2 Å². The number of esters is 1. The van der Waals surface area contributed by atoms with Crippen molar-refractivity contribution in [3.05, 3.63) is 0 Å². The monoisotopic (exact) mass is 300 g/mol. The zero-order valence-electron chi connectivity index (χ0n) is 12.0. The van der Waals surface area contributed by atoms with Gasteiger partial charge in [-0.25, -0.2) is 0 Å². The van der Waals surface area contributed by atoms with Crippen LogP contribution in [-0.2, 0) is 14.3 Å². The summed E-state index contributed by atoms with van der Waals surface area (Å²) in [6.45, 7) is 0.605. The van der Waals surface area contributed by atoms with Crippen molar-refractivity contribution >= 4 is 23.6 Å². The molecule has 2 N–H and O–H groups in total. The molecule has 1 heterocycles. The van der Waals surface area contributed by atoms with Crippen LogP contribution in [0.1, 0.15) is 32.1 Å². The van der Waals surface area contributed by atoms with Gasteiger partial charge in [0.05, 0.1) is 18.9 Å². The van der Waals surface area contributed by atoms with E-state index in [4.69, 9.17) is 0 Å². The molecule has 6 heteroatoms. The zero-order valence-corrected chi connectivity index (χ0v) is 12.8. The first-order chi connectivity index (χ1) is 9.70. The number of carbonyl (C=O) groups is 2. The second kappa shape index (κ2) is 7.88. The second-order valence-electron chi connectivity index (χ2n) is 5.53. The lowest BCUT2D eigenvalue weighted by Gasteiger charge is -2.24. The van der Waals surface area contributed by atoms with Crippen molar-refractivity contribution in [1.29, 1.82) is 0 Å². The van der Waals surface area contributed by atoms with Gasteiger partial charge in [-0.3, -0.25) is 9.59 Å². The number of hydrogen-bond acceptors (Lipinski definition) is 5. The van der Waals surface area contributed by atoms with E-state index in [1.54, 1.807) is 0 Å². The molecular formula is C14H24N2O3S. The van der Waals surface area contributed by atoms with Crippen LogP contribution in [0.15, 0.2) is 0 Å². The van der Waals surface area contributed by atoms with Gasteiger partial charge in [-0.2, -0.15) is 0 Å². The van der Waals surface area contributed by atoms with Crippen LogP contribution in [0.4, 0.5) is 0 Å². The molecule has 2 fully saturated rings. The predicted octanol–water partition coefficient (Wildman–Crippen LogP) is 0.929. The standard InChI is InChI=1S/C14H24N2O3S/c1-19-13(17)9-20-7-6-15-14(18)12-8-10-4-2-3-5-11(10)16-12/h10-12,16H,2-9H2,1H3,(H,15,18). The summed E-state index contributed by atoms with van der Waals surface area (Å²) < 4.78 is 4.56. The van der Waals surface area contributed by atoms with Crippen molar-refractivity contribution in [3.8, 4) is 0 Å². The fourth-order valence-electron chi connectivity index (χ4n) is 3.11. The van der Waals surface area contributed by atoms with E-state index in [9.17, 15) is 9.59 Å². The van der Waals surface area contributed by atoms with E-state index in [2.05, 4.69) is 15.4 Å². The maximum absolute atomic E-state index is 12.1. The Kier molecular flexibility index (Phi) is 6.16. The largest absolute Gasteiger partial charge is 0.468 e. The Hall–Kier alpha value is -0.750. The number of thioether (sulfide) groups is 1. The first-order valence-electron chi connectivity index (χ1n) is 7.39. The molecule has 1 saturated carbocycles. The van der Waals surface area contributed by atoms with Crippen LogP contribution < -0.4 is 10.6 Å². The minimum atomic E-state index is -0.220. The normalized spacial score (nSPS) is 28.8. The molecule has 1 amide bonds. The van der Waals surface area contributed by atoms with Crippen LogP contribution in [0.2, 0.25) is 0 Å². The summed E-state index contributed by atoms with van der Waals surface area (Å²) in [5.74, 6) is 1.66. The third-order valence-corrected chi connectivity index (χ3v) is 5.11. The first kappa shape index (κ1) is 15.6.